The second-order valence-electron chi connectivity index (χ2n) is 4.98. The van der Waals surface area contributed by atoms with Crippen LogP contribution in [0.2, 0.25) is 0 Å². The summed E-state index contributed by atoms with van der Waals surface area (Å²) in [6.07, 6.45) is 1.98. The van der Waals surface area contributed by atoms with Crippen LogP contribution in [0.1, 0.15) is 21.5 Å². The van der Waals surface area contributed by atoms with E-state index in [1.165, 1.54) is 0 Å². The van der Waals surface area contributed by atoms with Crippen molar-refractivity contribution in [2.75, 3.05) is 6.61 Å². The summed E-state index contributed by atoms with van der Waals surface area (Å²) < 4.78 is 5.43. The Morgan fingerprint density at radius 3 is 2.21 bits per heavy atom. The summed E-state index contributed by atoms with van der Waals surface area (Å²) in [6, 6.07) is 17.9. The zero-order valence-corrected chi connectivity index (χ0v) is 10.3. The van der Waals surface area contributed by atoms with Gasteiger partial charge >= 0.3 is 0 Å². The third-order valence-electron chi connectivity index (χ3n) is 3.76. The molecule has 2 nitrogen and oxygen atoms in total. The van der Waals surface area contributed by atoms with Crippen LogP contribution in [-0.2, 0) is 4.74 Å². The molecule has 0 radical (unpaired) electrons. The van der Waals surface area contributed by atoms with Crippen molar-refractivity contribution in [3.05, 3.63) is 77.4 Å². The second-order valence-corrected chi connectivity index (χ2v) is 4.98. The van der Waals surface area contributed by atoms with Crippen LogP contribution in [0.4, 0.5) is 0 Å². The van der Waals surface area contributed by atoms with Gasteiger partial charge in [-0.25, -0.2) is 0 Å². The van der Waals surface area contributed by atoms with Crippen molar-refractivity contribution in [2.24, 2.45) is 0 Å². The number of benzene rings is 2. The number of rotatable bonds is 1. The highest BCUT2D eigenvalue weighted by atomic mass is 16.6. The normalized spacial score (nSPS) is 24.0. The molecular weight excluding hydrogens is 236 g/mol. The first-order chi connectivity index (χ1) is 9.30. The molecule has 92 valence electrons. The van der Waals surface area contributed by atoms with Gasteiger partial charge in [0.2, 0.25) is 5.78 Å². The molecule has 1 saturated heterocycles. The second kappa shape index (κ2) is 3.65. The Labute approximate surface area is 111 Å². The van der Waals surface area contributed by atoms with Crippen LogP contribution in [0.25, 0.3) is 5.57 Å². The van der Waals surface area contributed by atoms with E-state index in [1.807, 2.05) is 48.5 Å². The van der Waals surface area contributed by atoms with Crippen LogP contribution in [0.15, 0.2) is 60.7 Å². The Hall–Kier alpha value is -2.19. The molecule has 1 aliphatic carbocycles. The molecule has 2 aromatic rings. The monoisotopic (exact) mass is 248 g/mol. The third kappa shape index (κ3) is 1.50. The number of Topliss-reactive ketones (excluding diaryl/α,β-unsaturated/α-hetero) is 1. The van der Waals surface area contributed by atoms with E-state index in [4.69, 9.17) is 4.74 Å². The highest BCUT2D eigenvalue weighted by Crippen LogP contribution is 2.43. The molecule has 0 saturated carbocycles. The summed E-state index contributed by atoms with van der Waals surface area (Å²) in [4.78, 5) is 12.4. The zero-order valence-electron chi connectivity index (χ0n) is 10.3. The largest absolute Gasteiger partial charge is 0.356 e. The number of carbonyl (C=O) groups excluding carboxylic acids is 1. The fraction of sp³-hybridized carbons (Fsp3) is 0.118. The van der Waals surface area contributed by atoms with Gasteiger partial charge in [0.15, 0.2) is 5.60 Å². The molecule has 0 N–H and O–H groups in total. The summed E-state index contributed by atoms with van der Waals surface area (Å²) in [5, 5.41) is 0. The average Bonchev–Trinajstić information content (AvgIpc) is 3.25. The molecule has 0 amide bonds. The molecule has 2 aromatic carbocycles. The average molecular weight is 248 g/mol. The van der Waals surface area contributed by atoms with E-state index >= 15 is 0 Å². The molecular formula is C17H12O2. The number of hydrogen-bond donors (Lipinski definition) is 0. The van der Waals surface area contributed by atoms with E-state index < -0.39 is 5.60 Å². The van der Waals surface area contributed by atoms with Crippen LogP contribution < -0.4 is 0 Å². The molecule has 1 unspecified atom stereocenters. The zero-order chi connectivity index (χ0) is 12.9. The van der Waals surface area contributed by atoms with Crippen molar-refractivity contribution in [3.63, 3.8) is 0 Å². The van der Waals surface area contributed by atoms with Gasteiger partial charge in [-0.2, -0.15) is 0 Å². The summed E-state index contributed by atoms with van der Waals surface area (Å²) in [6.45, 7) is 0.497. The number of fused-ring (bicyclic) bond motifs is 1. The van der Waals surface area contributed by atoms with E-state index in [-0.39, 0.29) is 5.78 Å². The van der Waals surface area contributed by atoms with Gasteiger partial charge in [0.05, 0.1) is 6.61 Å². The molecule has 1 atom stereocenters. The van der Waals surface area contributed by atoms with Gasteiger partial charge in [0.1, 0.15) is 0 Å². The fourth-order valence-corrected chi connectivity index (χ4v) is 2.67. The Morgan fingerprint density at radius 2 is 1.53 bits per heavy atom. The molecule has 1 spiro atoms. The maximum Gasteiger partial charge on any atom is 0.201 e. The maximum absolute atomic E-state index is 12.4. The Balaban J connectivity index is 1.97. The molecule has 1 aliphatic heterocycles. The number of ether oxygens (including phenoxy) is 1. The number of hydrogen-bond acceptors (Lipinski definition) is 2. The summed E-state index contributed by atoms with van der Waals surface area (Å²) in [5.74, 6) is 0.0859. The molecule has 1 heterocycles. The van der Waals surface area contributed by atoms with Gasteiger partial charge in [0, 0.05) is 5.56 Å². The molecule has 1 fully saturated rings. The lowest BCUT2D eigenvalue weighted by atomic mass is 9.81. The van der Waals surface area contributed by atoms with Crippen LogP contribution in [0, 0.1) is 0 Å². The van der Waals surface area contributed by atoms with Gasteiger partial charge in [-0.05, 0) is 22.8 Å². The molecule has 2 aliphatic rings. The lowest BCUT2D eigenvalue weighted by molar-refractivity contribution is 0.0907. The minimum absolute atomic E-state index is 0.0859. The summed E-state index contributed by atoms with van der Waals surface area (Å²) in [7, 11) is 0. The van der Waals surface area contributed by atoms with Gasteiger partial charge in [-0.3, -0.25) is 4.79 Å². The Bertz CT molecular complexity index is 694. The standard InChI is InChI=1S/C17H12O2/c18-16-14-9-5-4-8-13(14)15(10-17(16)11-19-17)12-6-2-1-3-7-12/h1-10H,11H2. The van der Waals surface area contributed by atoms with E-state index in [1.54, 1.807) is 0 Å². The van der Waals surface area contributed by atoms with Crippen molar-refractivity contribution >= 4 is 11.4 Å². The predicted octanol–water partition coefficient (Wildman–Crippen LogP) is 3.08. The van der Waals surface area contributed by atoms with E-state index in [2.05, 4.69) is 12.1 Å². The topological polar surface area (TPSA) is 29.6 Å². The first-order valence-electron chi connectivity index (χ1n) is 6.37. The van der Waals surface area contributed by atoms with Crippen LogP contribution in [0.5, 0.6) is 0 Å². The van der Waals surface area contributed by atoms with Crippen molar-refractivity contribution in [1.29, 1.82) is 0 Å². The van der Waals surface area contributed by atoms with Gasteiger partial charge in [-0.1, -0.05) is 54.6 Å². The van der Waals surface area contributed by atoms with Crippen LogP contribution in [-0.4, -0.2) is 18.0 Å². The number of epoxide rings is 1. The highest BCUT2D eigenvalue weighted by Gasteiger charge is 2.53. The van der Waals surface area contributed by atoms with Gasteiger partial charge < -0.3 is 4.74 Å². The van der Waals surface area contributed by atoms with Crippen LogP contribution in [0.3, 0.4) is 0 Å². The van der Waals surface area contributed by atoms with Crippen molar-refractivity contribution < 1.29 is 9.53 Å². The lowest BCUT2D eigenvalue weighted by Crippen LogP contribution is -2.27. The van der Waals surface area contributed by atoms with E-state index in [9.17, 15) is 4.79 Å². The fourth-order valence-electron chi connectivity index (χ4n) is 2.67. The predicted molar refractivity (Wildman–Crippen MR) is 73.0 cm³/mol. The first kappa shape index (κ1) is 10.7. The first-order valence-corrected chi connectivity index (χ1v) is 6.37. The van der Waals surface area contributed by atoms with E-state index in [0.717, 1.165) is 22.3 Å². The van der Waals surface area contributed by atoms with Gasteiger partial charge in [0.25, 0.3) is 0 Å². The summed E-state index contributed by atoms with van der Waals surface area (Å²) in [5.41, 5.74) is 3.28. The molecule has 19 heavy (non-hydrogen) atoms. The number of carbonyl (C=O) groups is 1. The SMILES string of the molecule is O=C1c2ccccc2C(c2ccccc2)=CC12CO2. The van der Waals surface area contributed by atoms with Crippen molar-refractivity contribution in [1.82, 2.24) is 0 Å². The molecule has 4 rings (SSSR count). The molecule has 0 bridgehead atoms. The minimum atomic E-state index is -0.695. The quantitative estimate of drug-likeness (QED) is 0.726. The highest BCUT2D eigenvalue weighted by molar-refractivity contribution is 6.13. The molecule has 2 heteroatoms. The third-order valence-corrected chi connectivity index (χ3v) is 3.76. The van der Waals surface area contributed by atoms with Crippen molar-refractivity contribution in [2.45, 2.75) is 5.60 Å². The minimum Gasteiger partial charge on any atom is -0.356 e. The molecule has 0 aromatic heterocycles. The lowest BCUT2D eigenvalue weighted by Gasteiger charge is -2.21. The summed E-state index contributed by atoms with van der Waals surface area (Å²) >= 11 is 0. The van der Waals surface area contributed by atoms with E-state index in [0.29, 0.717) is 6.61 Å². The van der Waals surface area contributed by atoms with Gasteiger partial charge in [-0.15, -0.1) is 0 Å². The Kier molecular flexibility index (Phi) is 2.06. The van der Waals surface area contributed by atoms with Crippen LogP contribution >= 0.6 is 0 Å². The maximum atomic E-state index is 12.4. The Morgan fingerprint density at radius 1 is 0.895 bits per heavy atom. The number of ketones is 1. The smallest absolute Gasteiger partial charge is 0.201 e. The van der Waals surface area contributed by atoms with Crippen molar-refractivity contribution in [3.8, 4) is 0 Å².